The number of amides is 1. The van der Waals surface area contributed by atoms with Gasteiger partial charge in [-0.3, -0.25) is 4.79 Å². The molecule has 0 saturated heterocycles. The third-order valence-corrected chi connectivity index (χ3v) is 60.9. The predicted octanol–water partition coefficient (Wildman–Crippen LogP) is 17.7. The molecule has 0 spiro atoms. The molecule has 2 N–H and O–H groups in total. The van der Waals surface area contributed by atoms with E-state index >= 15 is 0 Å². The third kappa shape index (κ3) is 48.4. The molecule has 2 aromatic rings. The quantitative estimate of drug-likeness (QED) is 0.0365. The first-order valence-electron chi connectivity index (χ1n) is 32.9. The summed E-state index contributed by atoms with van der Waals surface area (Å²) in [4.78, 5) is 23.8. The lowest BCUT2D eigenvalue weighted by atomic mass is 10.1. The molecule has 30 heteroatoms. The van der Waals surface area contributed by atoms with Crippen molar-refractivity contribution in [1.29, 1.82) is 0 Å². The Kier molecular flexibility index (Phi) is 38.6. The first-order valence-corrected chi connectivity index (χ1v) is 73.9. The van der Waals surface area contributed by atoms with E-state index in [4.69, 9.17) is 50.0 Å². The van der Waals surface area contributed by atoms with Crippen molar-refractivity contribution in [1.82, 2.24) is 5.32 Å². The molecule has 524 valence electrons. The van der Waals surface area contributed by atoms with Crippen LogP contribution in [0.2, 0.25) is 214 Å². The van der Waals surface area contributed by atoms with Crippen molar-refractivity contribution < 1.29 is 64.7 Å². The lowest BCUT2D eigenvalue weighted by molar-refractivity contribution is -0.115. The van der Waals surface area contributed by atoms with Gasteiger partial charge in [-0.15, -0.1) is 0 Å². The zero-order valence-electron chi connectivity index (χ0n) is 62.6. The highest BCUT2D eigenvalue weighted by atomic mass is 28.5. The van der Waals surface area contributed by atoms with Crippen molar-refractivity contribution in [3.63, 3.8) is 0 Å². The summed E-state index contributed by atoms with van der Waals surface area (Å²) in [5.41, 5.74) is 3.13. The van der Waals surface area contributed by atoms with Crippen molar-refractivity contribution in [2.24, 2.45) is 0 Å². The summed E-state index contributed by atoms with van der Waals surface area (Å²) < 4.78 is 78.3. The molecule has 5 atom stereocenters. The van der Waals surface area contributed by atoms with Crippen LogP contribution in [0.25, 0.3) is 0 Å². The van der Waals surface area contributed by atoms with Crippen molar-refractivity contribution in [3.8, 4) is 0 Å². The molecule has 0 radical (unpaired) electrons. The number of carbonyl (C=O) groups is 2. The number of ketones is 1. The Morgan fingerprint density at radius 1 is 0.433 bits per heavy atom. The van der Waals surface area contributed by atoms with Gasteiger partial charge >= 0.3 is 66.0 Å². The molecule has 2 rings (SSSR count). The standard InChI is InChI=1S/C29H57NO7Si5.C22H48O5Si5.C9H28O3Si4/c1-26(2)28(31)21-22-30-29(32)33-23-17-25-41(11,35-39(6,7)8)37-42(12,36-40(9,10)34-38(3,4)5)24-16-20-27-18-14-13-15-19-27;1-28(2,3)24-30(7,8)26-32(10,20-14-18-22-16-12-11-13-17-22)27-31(9,21-15-19-23)25-29(4,5)6;1-13(10-14(2,3)4)11-16(8,9)12-15(5,6)7/h13-15,18-19H,1,16-17,20-25H2,2-12H3,(H,30,32);11-13,16-17,23H,14-15,18-21H2,1-10H3;13H,1-9H3. The van der Waals surface area contributed by atoms with Gasteiger partial charge in [-0.05, 0) is 276 Å². The summed E-state index contributed by atoms with van der Waals surface area (Å²) in [5, 5.41) is 12.1. The normalized spacial score (nSPS) is 16.2. The van der Waals surface area contributed by atoms with Crippen LogP contribution in [0.15, 0.2) is 72.8 Å². The number of allylic oxidation sites excluding steroid dienone is 1. The number of ether oxygens (including phenoxy) is 1. The van der Waals surface area contributed by atoms with E-state index in [9.17, 15) is 14.7 Å². The van der Waals surface area contributed by atoms with E-state index in [1.165, 1.54) is 11.1 Å². The van der Waals surface area contributed by atoms with Crippen molar-refractivity contribution >= 4 is 131 Å². The molecule has 0 fully saturated rings. The molecule has 0 aromatic heterocycles. The minimum absolute atomic E-state index is 0.0719. The second kappa shape index (κ2) is 38.7. The van der Waals surface area contributed by atoms with Crippen LogP contribution in [0, 0.1) is 0 Å². The second-order valence-corrected chi connectivity index (χ2v) is 86.9. The smallest absolute Gasteiger partial charge is 0.407 e. The number of hydrogen-bond acceptors (Lipinski definition) is 15. The minimum atomic E-state index is -2.73. The molecule has 0 aliphatic carbocycles. The molecule has 16 nitrogen and oxygen atoms in total. The maximum absolute atomic E-state index is 12.2. The average molecular weight is 1500 g/mol. The van der Waals surface area contributed by atoms with Crippen molar-refractivity contribution in [2.45, 2.75) is 266 Å². The zero-order valence-corrected chi connectivity index (χ0v) is 76.8. The van der Waals surface area contributed by atoms with E-state index < -0.39 is 125 Å². The topological polar surface area (TPSA) is 177 Å². The highest BCUT2D eigenvalue weighted by molar-refractivity contribution is 6.92. The third-order valence-electron chi connectivity index (χ3n) is 12.2. The highest BCUT2D eigenvalue weighted by Gasteiger charge is 2.50. The molecule has 90 heavy (non-hydrogen) atoms. The van der Waals surface area contributed by atoms with Crippen molar-refractivity contribution in [3.05, 3.63) is 83.9 Å². The van der Waals surface area contributed by atoms with Crippen molar-refractivity contribution in [2.75, 3.05) is 19.8 Å². The zero-order chi connectivity index (χ0) is 70.1. The molecule has 0 aliphatic rings. The number of aliphatic hydroxyl groups is 1. The Balaban J connectivity index is 0.00000145. The van der Waals surface area contributed by atoms with E-state index in [1.54, 1.807) is 6.92 Å². The van der Waals surface area contributed by atoms with Gasteiger partial charge in [0, 0.05) is 19.6 Å². The molecular weight excluding hydrogens is 1370 g/mol. The van der Waals surface area contributed by atoms with Crippen LogP contribution >= 0.6 is 0 Å². The lowest BCUT2D eigenvalue weighted by Crippen LogP contribution is -2.60. The van der Waals surface area contributed by atoms with Gasteiger partial charge in [-0.1, -0.05) is 67.2 Å². The van der Waals surface area contributed by atoms with Gasteiger partial charge in [0.1, 0.15) is 0 Å². The van der Waals surface area contributed by atoms with E-state index in [-0.39, 0.29) is 32.0 Å². The number of rotatable bonds is 41. The largest absolute Gasteiger partial charge is 0.450 e. The number of aliphatic hydroxyl groups excluding tert-OH is 1. The van der Waals surface area contributed by atoms with E-state index in [0.29, 0.717) is 24.5 Å². The van der Waals surface area contributed by atoms with E-state index in [1.807, 2.05) is 6.07 Å². The number of hydrogen-bond donors (Lipinski definition) is 2. The van der Waals surface area contributed by atoms with Gasteiger partial charge < -0.3 is 60.4 Å². The van der Waals surface area contributed by atoms with Gasteiger partial charge in [0.15, 0.2) is 55.7 Å². The summed E-state index contributed by atoms with van der Waals surface area (Å²) >= 11 is 0. The maximum atomic E-state index is 12.2. The molecule has 2 aromatic carbocycles. The van der Waals surface area contributed by atoms with Gasteiger partial charge in [0.2, 0.25) is 0 Å². The van der Waals surface area contributed by atoms with Crippen LogP contribution in [0.1, 0.15) is 50.2 Å². The van der Waals surface area contributed by atoms with Gasteiger partial charge in [0.25, 0.3) is 9.28 Å². The fraction of sp³-hybridized carbons (Fsp3) is 0.733. The predicted molar refractivity (Wildman–Crippen MR) is 413 cm³/mol. The number of benzene rings is 2. The summed E-state index contributed by atoms with van der Waals surface area (Å²) in [6.07, 6.45) is 4.94. The summed E-state index contributed by atoms with van der Waals surface area (Å²) in [7, 11) is -29.2. The van der Waals surface area contributed by atoms with Crippen LogP contribution < -0.4 is 5.32 Å². The molecular formula is C60H133NO15Si14. The van der Waals surface area contributed by atoms with Crippen LogP contribution in [-0.4, -0.2) is 156 Å². The summed E-state index contributed by atoms with van der Waals surface area (Å²) in [6.45, 7) is 69.2. The number of Topliss-reactive ketones (excluding diaryl/α,β-unsaturated/α-hetero) is 1. The van der Waals surface area contributed by atoms with Crippen LogP contribution in [-0.2, 0) is 67.6 Å². The highest BCUT2D eigenvalue weighted by Crippen LogP contribution is 2.35. The first kappa shape index (κ1) is 89.7. The SMILES string of the molecule is C=C(C)C(=O)CCNC(=O)OCCC[Si](C)(O[Si](C)(C)C)O[Si](C)(CCCc1ccccc1)O[Si](C)(C)O[Si](C)(C)C.C[SiH](O[Si](C)(C)C)O[Si](C)(C)O[Si](C)(C)C.C[Si](C)(C)O[Si](C)(C)O[Si](C)(CCCc1ccccc1)O[Si](C)(CCCO)O[Si](C)(C)C. The van der Waals surface area contributed by atoms with Crippen LogP contribution in [0.4, 0.5) is 4.79 Å². The Morgan fingerprint density at radius 2 is 0.767 bits per heavy atom. The molecule has 0 saturated carbocycles. The fourth-order valence-corrected chi connectivity index (χ4v) is 72.8. The summed E-state index contributed by atoms with van der Waals surface area (Å²) in [6, 6.07) is 24.3. The van der Waals surface area contributed by atoms with Gasteiger partial charge in [0.05, 0.1) is 6.61 Å². The minimum Gasteiger partial charge on any atom is -0.450 e. The molecule has 5 unspecified atom stereocenters. The van der Waals surface area contributed by atoms with Gasteiger partial charge in [-0.25, -0.2) is 4.79 Å². The molecule has 0 heterocycles. The maximum Gasteiger partial charge on any atom is 0.407 e. The van der Waals surface area contributed by atoms with E-state index in [2.05, 4.69) is 256 Å². The Labute approximate surface area is 566 Å². The monoisotopic (exact) mass is 1500 g/mol. The number of alkyl carbamates (subject to hydrolysis) is 1. The molecule has 0 bridgehead atoms. The lowest BCUT2D eigenvalue weighted by Gasteiger charge is -2.44. The Hall–Kier alpha value is -0.324. The second-order valence-electron chi connectivity index (χ2n) is 31.8. The average Bonchev–Trinajstić information content (AvgIpc) is 1.12. The Morgan fingerprint density at radius 3 is 1.10 bits per heavy atom. The molecule has 0 aliphatic heterocycles. The Bertz CT molecular complexity index is 2380. The van der Waals surface area contributed by atoms with Gasteiger partial charge in [-0.2, -0.15) is 0 Å². The van der Waals surface area contributed by atoms with Crippen LogP contribution in [0.5, 0.6) is 0 Å². The summed E-state index contributed by atoms with van der Waals surface area (Å²) in [5.74, 6) is -0.0719. The number of aryl methyl sites for hydroxylation is 2. The fourth-order valence-electron chi connectivity index (χ4n) is 11.0. The van der Waals surface area contributed by atoms with E-state index in [0.717, 1.165) is 43.8 Å². The number of carbonyl (C=O) groups excluding carboxylic acids is 2. The number of nitrogens with one attached hydrogen (secondary N) is 1. The van der Waals surface area contributed by atoms with Crippen LogP contribution in [0.3, 0.4) is 0 Å². The first-order chi connectivity index (χ1) is 40.4. The molecule has 1 amide bonds.